The number of nitrogens with one attached hydrogen (secondary N) is 2. The Morgan fingerprint density at radius 1 is 1.35 bits per heavy atom. The van der Waals surface area contributed by atoms with Crippen molar-refractivity contribution < 1.29 is 27.9 Å². The van der Waals surface area contributed by atoms with E-state index in [1.165, 1.54) is 6.92 Å². The molecule has 17 heavy (non-hydrogen) atoms. The third kappa shape index (κ3) is 3.79. The van der Waals surface area contributed by atoms with E-state index in [0.29, 0.717) is 12.8 Å². The molecule has 1 unspecified atom stereocenters. The minimum absolute atomic E-state index is 0.225. The van der Waals surface area contributed by atoms with Crippen LogP contribution in [0.1, 0.15) is 19.8 Å². The number of carbonyl (C=O) groups is 2. The van der Waals surface area contributed by atoms with Crippen molar-refractivity contribution in [2.75, 3.05) is 6.54 Å². The SMILES string of the molecule is CC(NC(=O)NCC(F)(F)F)(C(=O)O)C1CC1. The van der Waals surface area contributed by atoms with E-state index in [0.717, 1.165) is 0 Å². The van der Waals surface area contributed by atoms with Crippen molar-refractivity contribution in [1.29, 1.82) is 0 Å². The van der Waals surface area contributed by atoms with Crippen molar-refractivity contribution in [3.63, 3.8) is 0 Å². The number of urea groups is 1. The highest BCUT2D eigenvalue weighted by Gasteiger charge is 2.48. The van der Waals surface area contributed by atoms with Gasteiger partial charge in [0.1, 0.15) is 12.1 Å². The van der Waals surface area contributed by atoms with Gasteiger partial charge in [-0.25, -0.2) is 9.59 Å². The van der Waals surface area contributed by atoms with Crippen LogP contribution in [0.5, 0.6) is 0 Å². The molecule has 0 aromatic rings. The van der Waals surface area contributed by atoms with Crippen LogP contribution in [0.4, 0.5) is 18.0 Å². The summed E-state index contributed by atoms with van der Waals surface area (Å²) in [6.07, 6.45) is -3.23. The van der Waals surface area contributed by atoms with Gasteiger partial charge >= 0.3 is 18.2 Å². The minimum Gasteiger partial charge on any atom is -0.480 e. The molecule has 1 fully saturated rings. The zero-order valence-corrected chi connectivity index (χ0v) is 9.10. The molecule has 3 N–H and O–H groups in total. The summed E-state index contributed by atoms with van der Waals surface area (Å²) in [7, 11) is 0. The first-order valence-electron chi connectivity index (χ1n) is 5.01. The lowest BCUT2D eigenvalue weighted by molar-refractivity contribution is -0.144. The molecule has 5 nitrogen and oxygen atoms in total. The number of rotatable bonds is 4. The fourth-order valence-electron chi connectivity index (χ4n) is 1.45. The molecule has 1 aliphatic carbocycles. The lowest BCUT2D eigenvalue weighted by Crippen LogP contribution is -2.57. The summed E-state index contributed by atoms with van der Waals surface area (Å²) in [4.78, 5) is 22.1. The number of alkyl halides is 3. The number of carbonyl (C=O) groups excluding carboxylic acids is 1. The standard InChI is InChI=1S/C9H13F3N2O3/c1-8(6(15)16,5-2-3-5)14-7(17)13-4-9(10,11)12/h5H,2-4H2,1H3,(H,15,16)(H2,13,14,17). The highest BCUT2D eigenvalue weighted by atomic mass is 19.4. The predicted octanol–water partition coefficient (Wildman–Crippen LogP) is 1.10. The van der Waals surface area contributed by atoms with E-state index in [1.807, 2.05) is 0 Å². The van der Waals surface area contributed by atoms with Crippen molar-refractivity contribution in [3.05, 3.63) is 0 Å². The summed E-state index contributed by atoms with van der Waals surface area (Å²) in [6, 6.07) is -1.13. The maximum atomic E-state index is 11.8. The zero-order valence-electron chi connectivity index (χ0n) is 9.10. The second kappa shape index (κ2) is 4.42. The maximum Gasteiger partial charge on any atom is 0.405 e. The van der Waals surface area contributed by atoms with Crippen LogP contribution < -0.4 is 10.6 Å². The van der Waals surface area contributed by atoms with Gasteiger partial charge in [0.05, 0.1) is 0 Å². The molecule has 0 bridgehead atoms. The summed E-state index contributed by atoms with van der Waals surface area (Å²) in [5, 5.41) is 12.6. The Morgan fingerprint density at radius 2 is 1.88 bits per heavy atom. The first-order chi connectivity index (χ1) is 7.65. The average Bonchev–Trinajstić information content (AvgIpc) is 2.96. The van der Waals surface area contributed by atoms with E-state index in [1.54, 1.807) is 5.32 Å². The third-order valence-corrected chi connectivity index (χ3v) is 2.66. The number of aliphatic carboxylic acids is 1. The van der Waals surface area contributed by atoms with Crippen molar-refractivity contribution >= 4 is 12.0 Å². The molecule has 98 valence electrons. The molecule has 2 amide bonds. The van der Waals surface area contributed by atoms with Crippen LogP contribution in [-0.2, 0) is 4.79 Å². The second-order valence-corrected chi connectivity index (χ2v) is 4.20. The highest BCUT2D eigenvalue weighted by Crippen LogP contribution is 2.39. The van der Waals surface area contributed by atoms with Gasteiger partial charge in [-0.05, 0) is 25.7 Å². The van der Waals surface area contributed by atoms with Crippen LogP contribution in [0.3, 0.4) is 0 Å². The Labute approximate surface area is 95.4 Å². The average molecular weight is 254 g/mol. The molecule has 1 aliphatic rings. The molecule has 0 saturated heterocycles. The van der Waals surface area contributed by atoms with Gasteiger partial charge in [-0.2, -0.15) is 13.2 Å². The summed E-state index contributed by atoms with van der Waals surface area (Å²) >= 11 is 0. The van der Waals surface area contributed by atoms with Gasteiger partial charge in [0.15, 0.2) is 0 Å². The maximum absolute atomic E-state index is 11.8. The molecule has 0 radical (unpaired) electrons. The Morgan fingerprint density at radius 3 is 2.24 bits per heavy atom. The number of carboxylic acid groups (broad SMARTS) is 1. The van der Waals surface area contributed by atoms with E-state index in [2.05, 4.69) is 5.32 Å². The quantitative estimate of drug-likeness (QED) is 0.703. The van der Waals surface area contributed by atoms with E-state index >= 15 is 0 Å². The molecule has 0 spiro atoms. The smallest absolute Gasteiger partial charge is 0.405 e. The topological polar surface area (TPSA) is 78.4 Å². The van der Waals surface area contributed by atoms with Gasteiger partial charge in [0.25, 0.3) is 0 Å². The minimum atomic E-state index is -4.52. The summed E-state index contributed by atoms with van der Waals surface area (Å²) in [5.41, 5.74) is -1.50. The number of hydrogen-bond acceptors (Lipinski definition) is 2. The summed E-state index contributed by atoms with van der Waals surface area (Å²) < 4.78 is 35.5. The van der Waals surface area contributed by atoms with Crippen LogP contribution >= 0.6 is 0 Å². The van der Waals surface area contributed by atoms with E-state index < -0.39 is 30.3 Å². The predicted molar refractivity (Wildman–Crippen MR) is 51.4 cm³/mol. The van der Waals surface area contributed by atoms with Gasteiger partial charge < -0.3 is 15.7 Å². The molecule has 8 heteroatoms. The van der Waals surface area contributed by atoms with Crippen molar-refractivity contribution in [1.82, 2.24) is 10.6 Å². The largest absolute Gasteiger partial charge is 0.480 e. The molecule has 1 atom stereocenters. The molecule has 0 heterocycles. The molecule has 1 saturated carbocycles. The zero-order chi connectivity index (χ0) is 13.3. The monoisotopic (exact) mass is 254 g/mol. The van der Waals surface area contributed by atoms with Crippen LogP contribution in [0.2, 0.25) is 0 Å². The fraction of sp³-hybridized carbons (Fsp3) is 0.778. The van der Waals surface area contributed by atoms with Crippen LogP contribution in [0.25, 0.3) is 0 Å². The number of carboxylic acids is 1. The van der Waals surface area contributed by atoms with Crippen molar-refractivity contribution in [2.24, 2.45) is 5.92 Å². The number of hydrogen-bond donors (Lipinski definition) is 3. The second-order valence-electron chi connectivity index (χ2n) is 4.20. The fourth-order valence-corrected chi connectivity index (χ4v) is 1.45. The van der Waals surface area contributed by atoms with E-state index in [-0.39, 0.29) is 5.92 Å². The van der Waals surface area contributed by atoms with Crippen molar-refractivity contribution in [3.8, 4) is 0 Å². The van der Waals surface area contributed by atoms with Crippen LogP contribution in [-0.4, -0.2) is 35.4 Å². The molecular formula is C9H13F3N2O3. The number of halogens is 3. The van der Waals surface area contributed by atoms with E-state index in [9.17, 15) is 22.8 Å². The summed E-state index contributed by atoms with van der Waals surface area (Å²) in [5.74, 6) is -1.47. The Balaban J connectivity index is 2.51. The molecular weight excluding hydrogens is 241 g/mol. The highest BCUT2D eigenvalue weighted by molar-refractivity contribution is 5.86. The first-order valence-corrected chi connectivity index (χ1v) is 5.01. The van der Waals surface area contributed by atoms with E-state index in [4.69, 9.17) is 5.11 Å². The normalized spacial score (nSPS) is 19.3. The third-order valence-electron chi connectivity index (χ3n) is 2.66. The lowest BCUT2D eigenvalue weighted by atomic mass is 9.96. The van der Waals surface area contributed by atoms with Crippen LogP contribution in [0.15, 0.2) is 0 Å². The Kier molecular flexibility index (Phi) is 3.53. The Bertz CT molecular complexity index is 328. The van der Waals surface area contributed by atoms with Gasteiger partial charge in [-0.3, -0.25) is 0 Å². The van der Waals surface area contributed by atoms with Gasteiger partial charge in [0, 0.05) is 0 Å². The molecule has 0 aromatic heterocycles. The molecule has 1 rings (SSSR count). The Hall–Kier alpha value is -1.47. The summed E-state index contributed by atoms with van der Waals surface area (Å²) in [6.45, 7) is -0.195. The van der Waals surface area contributed by atoms with Gasteiger partial charge in [-0.15, -0.1) is 0 Å². The van der Waals surface area contributed by atoms with Crippen molar-refractivity contribution in [2.45, 2.75) is 31.5 Å². The number of amides is 2. The lowest BCUT2D eigenvalue weighted by Gasteiger charge is -2.26. The van der Waals surface area contributed by atoms with Gasteiger partial charge in [-0.1, -0.05) is 0 Å². The van der Waals surface area contributed by atoms with Gasteiger partial charge in [0.2, 0.25) is 0 Å². The van der Waals surface area contributed by atoms with Crippen LogP contribution in [0, 0.1) is 5.92 Å². The molecule has 0 aliphatic heterocycles. The molecule has 0 aromatic carbocycles. The first kappa shape index (κ1) is 13.6.